The molecule has 0 saturated carbocycles. The Kier molecular flexibility index (Phi) is 7.55. The number of rotatable bonds is 7. The summed E-state index contributed by atoms with van der Waals surface area (Å²) >= 11 is 0.918. The van der Waals surface area contributed by atoms with Gasteiger partial charge in [0, 0.05) is 38.6 Å². The molecule has 188 valence electrons. The number of sulfonamides is 3. The highest BCUT2D eigenvalue weighted by Crippen LogP contribution is 2.34. The van der Waals surface area contributed by atoms with Gasteiger partial charge in [0.1, 0.15) is 10.3 Å². The molecule has 1 aromatic heterocycles. The normalized spacial score (nSPS) is 18.8. The number of thiophene rings is 1. The van der Waals surface area contributed by atoms with E-state index in [-0.39, 0.29) is 22.2 Å². The van der Waals surface area contributed by atoms with Crippen LogP contribution in [0.2, 0.25) is 0 Å². The molecule has 1 saturated heterocycles. The van der Waals surface area contributed by atoms with E-state index in [1.54, 1.807) is 18.2 Å². The Hall–Kier alpha value is -1.92. The van der Waals surface area contributed by atoms with Crippen molar-refractivity contribution in [1.82, 2.24) is 18.4 Å². The number of benzene rings is 1. The van der Waals surface area contributed by atoms with Crippen molar-refractivity contribution in [2.24, 2.45) is 0 Å². The maximum absolute atomic E-state index is 13.3. The summed E-state index contributed by atoms with van der Waals surface area (Å²) in [6.07, 6.45) is 0.950. The molecular formula is C18H24N4O8S4. The number of piperazine rings is 1. The molecule has 0 unspecified atom stereocenters. The average molecular weight is 553 g/mol. The van der Waals surface area contributed by atoms with Crippen molar-refractivity contribution in [3.63, 3.8) is 0 Å². The first-order valence-electron chi connectivity index (χ1n) is 9.73. The lowest BCUT2D eigenvalue weighted by molar-refractivity contribution is -0.134. The van der Waals surface area contributed by atoms with Crippen LogP contribution in [0.1, 0.15) is 0 Å². The van der Waals surface area contributed by atoms with Gasteiger partial charge in [0.15, 0.2) is 0 Å². The number of amides is 1. The zero-order valence-electron chi connectivity index (χ0n) is 18.4. The van der Waals surface area contributed by atoms with Crippen LogP contribution in [0.4, 0.5) is 0 Å². The van der Waals surface area contributed by atoms with E-state index in [2.05, 4.69) is 0 Å². The Bertz CT molecular complexity index is 1380. The fourth-order valence-corrected chi connectivity index (χ4v) is 8.09. The first-order valence-corrected chi connectivity index (χ1v) is 15.3. The fraction of sp³-hybridized carbons (Fsp3) is 0.389. The third kappa shape index (κ3) is 5.18. The highest BCUT2D eigenvalue weighted by molar-refractivity contribution is 7.91. The van der Waals surface area contributed by atoms with Gasteiger partial charge in [-0.1, -0.05) is 12.1 Å². The Balaban J connectivity index is 1.91. The van der Waals surface area contributed by atoms with E-state index in [1.165, 1.54) is 37.8 Å². The summed E-state index contributed by atoms with van der Waals surface area (Å²) in [6, 6.07) is 7.42. The molecule has 0 bridgehead atoms. The molecular weight excluding hydrogens is 528 g/mol. The van der Waals surface area contributed by atoms with E-state index >= 15 is 0 Å². The number of carbonyl (C=O) groups excluding carboxylic acids is 1. The standard InChI is InChI=1S/C18H24N4O8S4/c1-20(2)33(27,28)14-6-4-13(5-7-14)16-8-9-17(31-16)34(29,30)22-11-10-21(32(3,25)26)12-15(22)18(23)19-24/h4-9,15,24H,10-12H2,1-3H3,(H,19,23)/t15-/m1/s1. The maximum atomic E-state index is 13.3. The van der Waals surface area contributed by atoms with E-state index in [0.29, 0.717) is 10.4 Å². The van der Waals surface area contributed by atoms with E-state index < -0.39 is 48.6 Å². The van der Waals surface area contributed by atoms with Crippen molar-refractivity contribution in [3.8, 4) is 10.4 Å². The maximum Gasteiger partial charge on any atom is 0.263 e. The van der Waals surface area contributed by atoms with Crippen LogP contribution >= 0.6 is 11.3 Å². The zero-order chi connectivity index (χ0) is 25.5. The number of hydrogen-bond donors (Lipinski definition) is 2. The Morgan fingerprint density at radius 1 is 1.03 bits per heavy atom. The summed E-state index contributed by atoms with van der Waals surface area (Å²) in [5.41, 5.74) is 1.99. The second-order valence-corrected chi connectivity index (χ2v) is 15.0. The van der Waals surface area contributed by atoms with Gasteiger partial charge in [-0.3, -0.25) is 10.0 Å². The van der Waals surface area contributed by atoms with Gasteiger partial charge in [0.05, 0.1) is 11.2 Å². The van der Waals surface area contributed by atoms with Crippen molar-refractivity contribution in [2.45, 2.75) is 15.1 Å². The second kappa shape index (κ2) is 9.62. The summed E-state index contributed by atoms with van der Waals surface area (Å²) < 4.78 is 77.7. The summed E-state index contributed by atoms with van der Waals surface area (Å²) in [7, 11) is -8.67. The van der Waals surface area contributed by atoms with Crippen LogP contribution in [0.15, 0.2) is 45.5 Å². The second-order valence-electron chi connectivity index (χ2n) is 7.66. The average Bonchev–Trinajstić information content (AvgIpc) is 3.28. The summed E-state index contributed by atoms with van der Waals surface area (Å²) in [5, 5.41) is 9.06. The van der Waals surface area contributed by atoms with Gasteiger partial charge in [-0.15, -0.1) is 11.3 Å². The molecule has 1 amide bonds. The van der Waals surface area contributed by atoms with Gasteiger partial charge in [-0.25, -0.2) is 35.0 Å². The van der Waals surface area contributed by atoms with Crippen molar-refractivity contribution in [3.05, 3.63) is 36.4 Å². The van der Waals surface area contributed by atoms with Gasteiger partial charge in [-0.05, 0) is 29.8 Å². The Labute approximate surface area is 202 Å². The topological polar surface area (TPSA) is 161 Å². The molecule has 2 N–H and O–H groups in total. The van der Waals surface area contributed by atoms with Crippen LogP contribution in [0.25, 0.3) is 10.4 Å². The lowest BCUT2D eigenvalue weighted by Crippen LogP contribution is -2.60. The molecule has 2 aromatic rings. The third-order valence-electron chi connectivity index (χ3n) is 5.24. The molecule has 2 heterocycles. The molecule has 0 radical (unpaired) electrons. The first kappa shape index (κ1) is 26.7. The molecule has 1 atom stereocenters. The predicted molar refractivity (Wildman–Crippen MR) is 125 cm³/mol. The highest BCUT2D eigenvalue weighted by atomic mass is 32.2. The van der Waals surface area contributed by atoms with Crippen LogP contribution in [-0.4, -0.2) is 95.3 Å². The van der Waals surface area contributed by atoms with Crippen LogP contribution in [0.3, 0.4) is 0 Å². The fourth-order valence-electron chi connectivity index (χ4n) is 3.35. The van der Waals surface area contributed by atoms with Crippen LogP contribution in [0, 0.1) is 0 Å². The lowest BCUT2D eigenvalue weighted by atomic mass is 10.2. The molecule has 0 spiro atoms. The number of nitrogens with zero attached hydrogens (tertiary/aromatic N) is 3. The van der Waals surface area contributed by atoms with E-state index in [1.807, 2.05) is 0 Å². The third-order valence-corrected chi connectivity index (χ3v) is 11.8. The molecule has 1 fully saturated rings. The van der Waals surface area contributed by atoms with E-state index in [9.17, 15) is 30.0 Å². The van der Waals surface area contributed by atoms with Crippen molar-refractivity contribution < 1.29 is 35.3 Å². The SMILES string of the molecule is CN(C)S(=O)(=O)c1ccc(-c2ccc(S(=O)(=O)N3CCN(S(C)(=O)=O)C[C@@H]3C(=O)NO)s2)cc1. The number of hydroxylamine groups is 1. The number of hydrogen-bond acceptors (Lipinski definition) is 9. The van der Waals surface area contributed by atoms with Crippen molar-refractivity contribution >= 4 is 47.3 Å². The number of carbonyl (C=O) groups is 1. The van der Waals surface area contributed by atoms with Gasteiger partial charge < -0.3 is 0 Å². The predicted octanol–water partition coefficient (Wildman–Crippen LogP) is -0.195. The van der Waals surface area contributed by atoms with Gasteiger partial charge in [-0.2, -0.15) is 8.61 Å². The van der Waals surface area contributed by atoms with E-state index in [4.69, 9.17) is 5.21 Å². The largest absolute Gasteiger partial charge is 0.289 e. The Morgan fingerprint density at radius 2 is 1.65 bits per heavy atom. The summed E-state index contributed by atoms with van der Waals surface area (Å²) in [4.78, 5) is 12.8. The van der Waals surface area contributed by atoms with E-state index in [0.717, 1.165) is 30.5 Å². The van der Waals surface area contributed by atoms with Crippen LogP contribution in [0.5, 0.6) is 0 Å². The minimum atomic E-state index is -4.21. The van der Waals surface area contributed by atoms with Gasteiger partial charge >= 0.3 is 0 Å². The smallest absolute Gasteiger partial charge is 0.263 e. The first-order chi connectivity index (χ1) is 15.7. The van der Waals surface area contributed by atoms with Gasteiger partial charge in [0.2, 0.25) is 20.0 Å². The molecule has 0 aliphatic carbocycles. The molecule has 34 heavy (non-hydrogen) atoms. The quantitative estimate of drug-likeness (QED) is 0.353. The summed E-state index contributed by atoms with van der Waals surface area (Å²) in [5.74, 6) is -1.05. The highest BCUT2D eigenvalue weighted by Gasteiger charge is 2.42. The van der Waals surface area contributed by atoms with Crippen LogP contribution < -0.4 is 5.48 Å². The Morgan fingerprint density at radius 3 is 2.18 bits per heavy atom. The van der Waals surface area contributed by atoms with Crippen LogP contribution in [-0.2, 0) is 34.9 Å². The zero-order valence-corrected chi connectivity index (χ0v) is 21.7. The minimum absolute atomic E-state index is 0.0870. The molecule has 1 aliphatic rings. The van der Waals surface area contributed by atoms with Crippen molar-refractivity contribution in [2.75, 3.05) is 40.0 Å². The molecule has 16 heteroatoms. The monoisotopic (exact) mass is 552 g/mol. The van der Waals surface area contributed by atoms with Crippen molar-refractivity contribution in [1.29, 1.82) is 0 Å². The lowest BCUT2D eigenvalue weighted by Gasteiger charge is -2.37. The molecule has 3 rings (SSSR count). The van der Waals surface area contributed by atoms with Gasteiger partial charge in [0.25, 0.3) is 15.9 Å². The molecule has 1 aliphatic heterocycles. The minimum Gasteiger partial charge on any atom is -0.289 e. The molecule has 12 nitrogen and oxygen atoms in total. The summed E-state index contributed by atoms with van der Waals surface area (Å²) in [6.45, 7) is -0.865. The number of nitrogens with one attached hydrogen (secondary N) is 1. The molecule has 1 aromatic carbocycles.